The largest absolute Gasteiger partial charge is 0.480 e. The van der Waals surface area contributed by atoms with Gasteiger partial charge in [-0.1, -0.05) is 25.4 Å². The zero-order chi connectivity index (χ0) is 19.5. The van der Waals surface area contributed by atoms with Gasteiger partial charge in [-0.2, -0.15) is 4.31 Å². The number of aliphatic carboxylic acids is 1. The maximum Gasteiger partial charge on any atom is 0.326 e. The van der Waals surface area contributed by atoms with Crippen molar-refractivity contribution in [2.24, 2.45) is 5.92 Å². The lowest BCUT2D eigenvalue weighted by atomic mass is 10.0. The van der Waals surface area contributed by atoms with Crippen LogP contribution < -0.4 is 5.32 Å². The Kier molecular flexibility index (Phi) is 6.65. The van der Waals surface area contributed by atoms with Crippen molar-refractivity contribution >= 4 is 33.5 Å². The van der Waals surface area contributed by atoms with Crippen LogP contribution in [0.3, 0.4) is 0 Å². The Morgan fingerprint density at radius 3 is 2.46 bits per heavy atom. The normalized spacial score (nSPS) is 19.5. The second-order valence-corrected chi connectivity index (χ2v) is 9.08. The maximum atomic E-state index is 12.8. The highest BCUT2D eigenvalue weighted by molar-refractivity contribution is 7.89. The Morgan fingerprint density at radius 2 is 1.92 bits per heavy atom. The van der Waals surface area contributed by atoms with Crippen LogP contribution in [0.1, 0.15) is 33.1 Å². The minimum Gasteiger partial charge on any atom is -0.480 e. The van der Waals surface area contributed by atoms with Gasteiger partial charge in [0.2, 0.25) is 15.9 Å². The van der Waals surface area contributed by atoms with Gasteiger partial charge in [-0.05, 0) is 49.4 Å². The van der Waals surface area contributed by atoms with Crippen molar-refractivity contribution in [3.63, 3.8) is 0 Å². The predicted octanol–water partition coefficient (Wildman–Crippen LogP) is 2.11. The average molecular weight is 403 g/mol. The van der Waals surface area contributed by atoms with Crippen LogP contribution in [0.15, 0.2) is 29.2 Å². The van der Waals surface area contributed by atoms with Crippen LogP contribution in [0.4, 0.5) is 0 Å². The fraction of sp³-hybridized carbons (Fsp3) is 0.529. The van der Waals surface area contributed by atoms with E-state index in [-0.39, 0.29) is 23.8 Å². The fourth-order valence-corrected chi connectivity index (χ4v) is 4.78. The standard InChI is InChI=1S/C17H23ClN2O5S/c1-11(2)10-14(17(22)23)19-16(21)15-4-3-9-20(15)26(24,25)13-7-5-12(18)6-8-13/h5-8,11,14-15H,3-4,9-10H2,1-2H3,(H,19,21)(H,22,23). The van der Waals surface area contributed by atoms with Crippen molar-refractivity contribution in [2.45, 2.75) is 50.1 Å². The number of sulfonamides is 1. The fourth-order valence-electron chi connectivity index (χ4n) is 2.99. The zero-order valence-electron chi connectivity index (χ0n) is 14.7. The van der Waals surface area contributed by atoms with Gasteiger partial charge in [0.25, 0.3) is 0 Å². The number of rotatable bonds is 7. The van der Waals surface area contributed by atoms with Gasteiger partial charge < -0.3 is 10.4 Å². The lowest BCUT2D eigenvalue weighted by Crippen LogP contribution is -2.51. The smallest absolute Gasteiger partial charge is 0.326 e. The molecule has 0 aromatic heterocycles. The summed E-state index contributed by atoms with van der Waals surface area (Å²) in [6, 6.07) is 3.78. The van der Waals surface area contributed by atoms with E-state index in [1.807, 2.05) is 13.8 Å². The van der Waals surface area contributed by atoms with E-state index >= 15 is 0 Å². The SMILES string of the molecule is CC(C)CC(NC(=O)C1CCCN1S(=O)(=O)c1ccc(Cl)cc1)C(=O)O. The second-order valence-electron chi connectivity index (χ2n) is 6.76. The van der Waals surface area contributed by atoms with Gasteiger partial charge >= 0.3 is 5.97 Å². The van der Waals surface area contributed by atoms with Gasteiger partial charge in [-0.15, -0.1) is 0 Å². The Labute approximate surface area is 158 Å². The van der Waals surface area contributed by atoms with E-state index in [4.69, 9.17) is 11.6 Å². The number of amides is 1. The third kappa shape index (κ3) is 4.75. The highest BCUT2D eigenvalue weighted by Gasteiger charge is 2.40. The Morgan fingerprint density at radius 1 is 1.31 bits per heavy atom. The van der Waals surface area contributed by atoms with Crippen molar-refractivity contribution < 1.29 is 23.1 Å². The molecule has 0 spiro atoms. The van der Waals surface area contributed by atoms with E-state index in [9.17, 15) is 23.1 Å². The van der Waals surface area contributed by atoms with E-state index in [0.717, 1.165) is 4.31 Å². The maximum absolute atomic E-state index is 12.8. The number of carbonyl (C=O) groups is 2. The summed E-state index contributed by atoms with van der Waals surface area (Å²) in [7, 11) is -3.86. The molecule has 0 radical (unpaired) electrons. The highest BCUT2D eigenvalue weighted by Crippen LogP contribution is 2.27. The van der Waals surface area contributed by atoms with Gasteiger partial charge in [0.1, 0.15) is 12.1 Å². The summed E-state index contributed by atoms with van der Waals surface area (Å²) in [5.74, 6) is -1.63. The van der Waals surface area contributed by atoms with E-state index in [1.54, 1.807) is 0 Å². The second kappa shape index (κ2) is 8.37. The summed E-state index contributed by atoms with van der Waals surface area (Å²) in [6.45, 7) is 3.93. The van der Waals surface area contributed by atoms with Crippen LogP contribution in [0, 0.1) is 5.92 Å². The number of hydrogen-bond acceptors (Lipinski definition) is 4. The van der Waals surface area contributed by atoms with E-state index < -0.39 is 34.0 Å². The summed E-state index contributed by atoms with van der Waals surface area (Å²) >= 11 is 5.80. The number of nitrogens with zero attached hydrogens (tertiary/aromatic N) is 1. The first-order valence-electron chi connectivity index (χ1n) is 8.43. The van der Waals surface area contributed by atoms with E-state index in [0.29, 0.717) is 17.9 Å². The quantitative estimate of drug-likeness (QED) is 0.726. The summed E-state index contributed by atoms with van der Waals surface area (Å²) in [5.41, 5.74) is 0. The minimum absolute atomic E-state index is 0.0542. The molecule has 1 aliphatic heterocycles. The molecule has 2 unspecified atom stereocenters. The lowest BCUT2D eigenvalue weighted by molar-refractivity contribution is -0.142. The van der Waals surface area contributed by atoms with Crippen LogP contribution in [0.25, 0.3) is 0 Å². The summed E-state index contributed by atoms with van der Waals surface area (Å²) < 4.78 is 26.8. The first-order valence-corrected chi connectivity index (χ1v) is 10.3. The summed E-state index contributed by atoms with van der Waals surface area (Å²) in [4.78, 5) is 24.0. The molecular weight excluding hydrogens is 380 g/mol. The topological polar surface area (TPSA) is 104 Å². The zero-order valence-corrected chi connectivity index (χ0v) is 16.3. The molecule has 2 atom stereocenters. The van der Waals surface area contributed by atoms with Gasteiger partial charge in [0, 0.05) is 11.6 Å². The lowest BCUT2D eigenvalue weighted by Gasteiger charge is -2.25. The van der Waals surface area contributed by atoms with Crippen molar-refractivity contribution in [2.75, 3.05) is 6.54 Å². The van der Waals surface area contributed by atoms with Crippen LogP contribution in [0.5, 0.6) is 0 Å². The van der Waals surface area contributed by atoms with E-state index in [2.05, 4.69) is 5.32 Å². The molecule has 144 valence electrons. The highest BCUT2D eigenvalue weighted by atomic mass is 35.5. The first kappa shape index (κ1) is 20.7. The molecule has 0 saturated carbocycles. The van der Waals surface area contributed by atoms with Gasteiger partial charge in [0.05, 0.1) is 4.90 Å². The van der Waals surface area contributed by atoms with Crippen LogP contribution in [-0.2, 0) is 19.6 Å². The average Bonchev–Trinajstić information content (AvgIpc) is 3.04. The van der Waals surface area contributed by atoms with Gasteiger partial charge in [-0.25, -0.2) is 13.2 Å². The number of halogens is 1. The number of carbonyl (C=O) groups excluding carboxylic acids is 1. The molecule has 2 N–H and O–H groups in total. The number of carboxylic acids is 1. The molecule has 0 bridgehead atoms. The first-order chi connectivity index (χ1) is 12.1. The number of hydrogen-bond donors (Lipinski definition) is 2. The molecule has 1 heterocycles. The van der Waals surface area contributed by atoms with Crippen LogP contribution in [-0.4, -0.2) is 48.3 Å². The molecule has 26 heavy (non-hydrogen) atoms. The molecule has 1 amide bonds. The minimum atomic E-state index is -3.86. The monoisotopic (exact) mass is 402 g/mol. The Balaban J connectivity index is 2.19. The Hall–Kier alpha value is -1.64. The van der Waals surface area contributed by atoms with Gasteiger partial charge in [-0.3, -0.25) is 4.79 Å². The third-order valence-electron chi connectivity index (χ3n) is 4.25. The van der Waals surface area contributed by atoms with E-state index in [1.165, 1.54) is 24.3 Å². The van der Waals surface area contributed by atoms with Crippen molar-refractivity contribution in [3.8, 4) is 0 Å². The number of nitrogens with one attached hydrogen (secondary N) is 1. The molecule has 1 aromatic carbocycles. The van der Waals surface area contributed by atoms with Gasteiger partial charge in [0.15, 0.2) is 0 Å². The predicted molar refractivity (Wildman–Crippen MR) is 97.4 cm³/mol. The number of benzene rings is 1. The van der Waals surface area contributed by atoms with Crippen molar-refractivity contribution in [1.29, 1.82) is 0 Å². The molecule has 1 saturated heterocycles. The summed E-state index contributed by atoms with van der Waals surface area (Å²) in [5, 5.41) is 12.2. The molecule has 2 rings (SSSR count). The molecule has 0 aliphatic carbocycles. The van der Waals surface area contributed by atoms with Crippen LogP contribution >= 0.6 is 11.6 Å². The summed E-state index contributed by atoms with van der Waals surface area (Å²) in [6.07, 6.45) is 1.16. The molecule has 7 nitrogen and oxygen atoms in total. The molecule has 1 aromatic rings. The number of carboxylic acid groups (broad SMARTS) is 1. The van der Waals surface area contributed by atoms with Crippen molar-refractivity contribution in [1.82, 2.24) is 9.62 Å². The van der Waals surface area contributed by atoms with Crippen LogP contribution in [0.2, 0.25) is 5.02 Å². The molecular formula is C17H23ClN2O5S. The third-order valence-corrected chi connectivity index (χ3v) is 6.42. The molecule has 1 aliphatic rings. The van der Waals surface area contributed by atoms with Crippen molar-refractivity contribution in [3.05, 3.63) is 29.3 Å². The molecule has 9 heteroatoms. The Bertz CT molecular complexity index is 764. The molecule has 1 fully saturated rings.